The summed E-state index contributed by atoms with van der Waals surface area (Å²) in [5.41, 5.74) is -0.105. The lowest BCUT2D eigenvalue weighted by atomic mass is 10.1. The molecule has 5 heteroatoms. The molecule has 66 valence electrons. The Kier molecular flexibility index (Phi) is 1.47. The molecule has 1 aliphatic heterocycles. The first-order chi connectivity index (χ1) is 6.13. The third kappa shape index (κ3) is 1.12. The van der Waals surface area contributed by atoms with E-state index in [9.17, 15) is 8.78 Å². The molecule has 0 fully saturated rings. The highest BCUT2D eigenvalue weighted by atomic mass is 19.3. The number of rotatable bonds is 0. The van der Waals surface area contributed by atoms with E-state index in [0.717, 1.165) is 6.07 Å². The molecule has 0 aromatic heterocycles. The van der Waals surface area contributed by atoms with Gasteiger partial charge in [-0.25, -0.2) is 0 Å². The lowest BCUT2D eigenvalue weighted by Crippen LogP contribution is -2.11. The maximum atomic E-state index is 12.7. The Morgan fingerprint density at radius 3 is 2.85 bits per heavy atom. The molecule has 0 spiro atoms. The fraction of sp³-hybridized carbons (Fsp3) is 0.125. The number of nitrogens with zero attached hydrogens (tertiary/aromatic N) is 1. The summed E-state index contributed by atoms with van der Waals surface area (Å²) in [5, 5.41) is 8.47. The minimum atomic E-state index is -3.41. The molecular formula is C8H3F2NO2. The van der Waals surface area contributed by atoms with E-state index in [4.69, 9.17) is 5.26 Å². The molecule has 13 heavy (non-hydrogen) atoms. The van der Waals surface area contributed by atoms with Gasteiger partial charge in [0.1, 0.15) is 5.56 Å². The summed E-state index contributed by atoms with van der Waals surface area (Å²) in [6, 6.07) is 5.40. The molecule has 0 saturated carbocycles. The summed E-state index contributed by atoms with van der Waals surface area (Å²) < 4.78 is 25.5. The second-order valence-corrected chi connectivity index (χ2v) is 2.51. The molecule has 0 atom stereocenters. The first-order valence-electron chi connectivity index (χ1n) is 3.41. The van der Waals surface area contributed by atoms with Crippen LogP contribution in [0.5, 0.6) is 5.75 Å². The minimum absolute atomic E-state index is 0.107. The monoisotopic (exact) mass is 183 g/mol. The maximum absolute atomic E-state index is 12.7. The highest BCUT2D eigenvalue weighted by Crippen LogP contribution is 2.42. The molecule has 0 saturated heterocycles. The molecule has 0 bridgehead atoms. The predicted molar refractivity (Wildman–Crippen MR) is 36.8 cm³/mol. The standard InChI is InChI=1S/C8H3F2NO2/c9-8(10)6-2-1-5(4-11)3-7(6)12-13-8/h1-3H. The van der Waals surface area contributed by atoms with E-state index in [2.05, 4.69) is 9.78 Å². The molecule has 1 aromatic carbocycles. The number of benzene rings is 1. The minimum Gasteiger partial charge on any atom is -0.331 e. The van der Waals surface area contributed by atoms with Crippen molar-refractivity contribution in [1.29, 1.82) is 5.26 Å². The van der Waals surface area contributed by atoms with E-state index >= 15 is 0 Å². The molecule has 0 radical (unpaired) electrons. The van der Waals surface area contributed by atoms with Crippen LogP contribution in [0.25, 0.3) is 0 Å². The van der Waals surface area contributed by atoms with Gasteiger partial charge in [-0.15, -0.1) is 4.89 Å². The third-order valence-electron chi connectivity index (χ3n) is 1.66. The number of fused-ring (bicyclic) bond motifs is 1. The Hall–Kier alpha value is -1.67. The van der Waals surface area contributed by atoms with Crippen LogP contribution in [0, 0.1) is 11.3 Å². The average molecular weight is 183 g/mol. The molecule has 2 rings (SSSR count). The zero-order valence-corrected chi connectivity index (χ0v) is 6.25. The number of alkyl halides is 2. The summed E-state index contributed by atoms with van der Waals surface area (Å²) in [7, 11) is 0. The predicted octanol–water partition coefficient (Wildman–Crippen LogP) is 1.93. The Morgan fingerprint density at radius 1 is 1.38 bits per heavy atom. The number of nitriles is 1. The molecule has 1 aromatic rings. The van der Waals surface area contributed by atoms with E-state index in [1.807, 2.05) is 0 Å². The van der Waals surface area contributed by atoms with E-state index in [-0.39, 0.29) is 16.9 Å². The Balaban J connectivity index is 2.54. The molecule has 1 heterocycles. The van der Waals surface area contributed by atoms with Crippen molar-refractivity contribution >= 4 is 0 Å². The second kappa shape index (κ2) is 2.41. The Labute approximate surface area is 72.0 Å². The Morgan fingerprint density at radius 2 is 2.15 bits per heavy atom. The second-order valence-electron chi connectivity index (χ2n) is 2.51. The fourth-order valence-corrected chi connectivity index (χ4v) is 1.04. The van der Waals surface area contributed by atoms with Crippen molar-refractivity contribution < 1.29 is 18.6 Å². The van der Waals surface area contributed by atoms with Crippen LogP contribution in [0.3, 0.4) is 0 Å². The van der Waals surface area contributed by atoms with Crippen molar-refractivity contribution in [3.63, 3.8) is 0 Å². The summed E-state index contributed by atoms with van der Waals surface area (Å²) in [5.74, 6) is -0.107. The van der Waals surface area contributed by atoms with Gasteiger partial charge in [0.25, 0.3) is 0 Å². The largest absolute Gasteiger partial charge is 0.421 e. The highest BCUT2D eigenvalue weighted by Gasteiger charge is 2.44. The summed E-state index contributed by atoms with van der Waals surface area (Å²) in [6.07, 6.45) is -3.41. The van der Waals surface area contributed by atoms with Crippen LogP contribution in [0.15, 0.2) is 18.2 Å². The van der Waals surface area contributed by atoms with Gasteiger partial charge in [0.05, 0.1) is 11.6 Å². The van der Waals surface area contributed by atoms with Gasteiger partial charge >= 0.3 is 6.11 Å². The number of halogens is 2. The normalized spacial score (nSPS) is 17.3. The van der Waals surface area contributed by atoms with E-state index in [0.29, 0.717) is 0 Å². The van der Waals surface area contributed by atoms with Gasteiger partial charge in [0.2, 0.25) is 0 Å². The smallest absolute Gasteiger partial charge is 0.331 e. The Bertz CT molecular complexity index is 398. The molecule has 0 N–H and O–H groups in total. The third-order valence-corrected chi connectivity index (χ3v) is 1.66. The first-order valence-corrected chi connectivity index (χ1v) is 3.41. The topological polar surface area (TPSA) is 42.2 Å². The molecule has 1 aliphatic rings. The van der Waals surface area contributed by atoms with Crippen molar-refractivity contribution in [2.75, 3.05) is 0 Å². The van der Waals surface area contributed by atoms with Gasteiger partial charge in [-0.2, -0.15) is 14.0 Å². The number of hydrogen-bond acceptors (Lipinski definition) is 3. The van der Waals surface area contributed by atoms with E-state index < -0.39 is 6.11 Å². The summed E-state index contributed by atoms with van der Waals surface area (Å²) in [4.78, 5) is 8.02. The number of hydrogen-bond donors (Lipinski definition) is 0. The van der Waals surface area contributed by atoms with Crippen LogP contribution in [0.4, 0.5) is 8.78 Å². The van der Waals surface area contributed by atoms with Crippen molar-refractivity contribution in [3.8, 4) is 11.8 Å². The zero-order valence-electron chi connectivity index (χ0n) is 6.25. The zero-order chi connectivity index (χ0) is 9.47. The highest BCUT2D eigenvalue weighted by molar-refractivity contribution is 5.44. The van der Waals surface area contributed by atoms with Gasteiger partial charge in [0.15, 0.2) is 5.75 Å². The van der Waals surface area contributed by atoms with Crippen LogP contribution in [0.2, 0.25) is 0 Å². The summed E-state index contributed by atoms with van der Waals surface area (Å²) >= 11 is 0. The van der Waals surface area contributed by atoms with Crippen LogP contribution >= 0.6 is 0 Å². The molecule has 0 unspecified atom stereocenters. The van der Waals surface area contributed by atoms with Gasteiger partial charge in [0, 0.05) is 6.07 Å². The fourth-order valence-electron chi connectivity index (χ4n) is 1.04. The lowest BCUT2D eigenvalue weighted by molar-refractivity contribution is -0.376. The molecule has 0 amide bonds. The van der Waals surface area contributed by atoms with Crippen molar-refractivity contribution in [2.45, 2.75) is 6.11 Å². The van der Waals surface area contributed by atoms with E-state index in [1.54, 1.807) is 6.07 Å². The quantitative estimate of drug-likeness (QED) is 0.577. The maximum Gasteiger partial charge on any atom is 0.421 e. The van der Waals surface area contributed by atoms with Crippen LogP contribution in [-0.2, 0) is 11.0 Å². The van der Waals surface area contributed by atoms with Crippen molar-refractivity contribution in [1.82, 2.24) is 0 Å². The van der Waals surface area contributed by atoms with Gasteiger partial charge < -0.3 is 4.89 Å². The molecular weight excluding hydrogens is 180 g/mol. The molecule has 0 aliphatic carbocycles. The van der Waals surface area contributed by atoms with Gasteiger partial charge in [-0.1, -0.05) is 0 Å². The lowest BCUT2D eigenvalue weighted by Gasteiger charge is -2.02. The first kappa shape index (κ1) is 7.95. The van der Waals surface area contributed by atoms with Crippen LogP contribution in [0.1, 0.15) is 11.1 Å². The van der Waals surface area contributed by atoms with Crippen LogP contribution < -0.4 is 4.89 Å². The SMILES string of the molecule is N#Cc1ccc2c(c1)OOC2(F)F. The van der Waals surface area contributed by atoms with Crippen molar-refractivity contribution in [2.24, 2.45) is 0 Å². The molecule has 3 nitrogen and oxygen atoms in total. The van der Waals surface area contributed by atoms with E-state index in [1.165, 1.54) is 12.1 Å². The summed E-state index contributed by atoms with van der Waals surface area (Å²) in [6.45, 7) is 0. The van der Waals surface area contributed by atoms with Gasteiger partial charge in [-0.05, 0) is 12.1 Å². The average Bonchev–Trinajstić information content (AvgIpc) is 2.42. The van der Waals surface area contributed by atoms with Crippen LogP contribution in [-0.4, -0.2) is 0 Å². The van der Waals surface area contributed by atoms with Crippen molar-refractivity contribution in [3.05, 3.63) is 29.3 Å². The van der Waals surface area contributed by atoms with Gasteiger partial charge in [-0.3, -0.25) is 0 Å².